The van der Waals surface area contributed by atoms with Crippen molar-refractivity contribution in [1.82, 2.24) is 0 Å². The van der Waals surface area contributed by atoms with Crippen molar-refractivity contribution in [3.63, 3.8) is 0 Å². The van der Waals surface area contributed by atoms with E-state index in [2.05, 4.69) is 0 Å². The molecule has 0 bridgehead atoms. The van der Waals surface area contributed by atoms with Crippen molar-refractivity contribution in [2.75, 3.05) is 6.54 Å². The first-order chi connectivity index (χ1) is 7.69. The Kier molecular flexibility index (Phi) is 3.21. The topological polar surface area (TPSA) is 91.5 Å². The molecule has 2 N–H and O–H groups in total. The Bertz CT molecular complexity index is 371. The molecule has 16 heavy (non-hydrogen) atoms. The van der Waals surface area contributed by atoms with Gasteiger partial charge in [-0.1, -0.05) is 0 Å². The number of hydrogen-bond acceptors (Lipinski definition) is 5. The Morgan fingerprint density at radius 1 is 1.56 bits per heavy atom. The number of ether oxygens (including phenoxy) is 1. The van der Waals surface area contributed by atoms with Gasteiger partial charge in [-0.15, -0.1) is 0 Å². The molecule has 1 aliphatic carbocycles. The predicted octanol–water partition coefficient (Wildman–Crippen LogP) is 1.44. The van der Waals surface area contributed by atoms with E-state index in [0.29, 0.717) is 18.2 Å². The van der Waals surface area contributed by atoms with Gasteiger partial charge in [-0.25, -0.2) is 0 Å². The van der Waals surface area contributed by atoms with Gasteiger partial charge in [0, 0.05) is 0 Å². The van der Waals surface area contributed by atoms with Gasteiger partial charge in [-0.3, -0.25) is 10.1 Å². The first-order valence-corrected chi connectivity index (χ1v) is 5.24. The van der Waals surface area contributed by atoms with Crippen LogP contribution in [0.3, 0.4) is 0 Å². The average molecular weight is 226 g/mol. The summed E-state index contributed by atoms with van der Waals surface area (Å²) in [6.45, 7) is 0.988. The normalized spacial score (nSPS) is 24.1. The van der Waals surface area contributed by atoms with E-state index in [1.54, 1.807) is 6.07 Å². The molecule has 0 saturated heterocycles. The van der Waals surface area contributed by atoms with Crippen molar-refractivity contribution >= 4 is 5.88 Å². The molecule has 0 spiro atoms. The second-order valence-corrected chi connectivity index (χ2v) is 4.00. The summed E-state index contributed by atoms with van der Waals surface area (Å²) in [6.07, 6.45) is 2.16. The number of nitro groups is 1. The van der Waals surface area contributed by atoms with Crippen LogP contribution in [0, 0.1) is 16.0 Å². The molecule has 1 aromatic rings. The second kappa shape index (κ2) is 4.63. The fourth-order valence-electron chi connectivity index (χ4n) is 1.75. The number of furan rings is 1. The van der Waals surface area contributed by atoms with Crippen LogP contribution in [0.2, 0.25) is 0 Å². The van der Waals surface area contributed by atoms with Gasteiger partial charge in [0.1, 0.15) is 17.3 Å². The number of nitrogens with zero attached hydrogens (tertiary/aromatic N) is 1. The molecule has 1 fully saturated rings. The Labute approximate surface area is 92.5 Å². The molecule has 0 aromatic carbocycles. The van der Waals surface area contributed by atoms with Crippen LogP contribution >= 0.6 is 0 Å². The van der Waals surface area contributed by atoms with E-state index in [1.807, 2.05) is 0 Å². The highest BCUT2D eigenvalue weighted by Gasteiger charge is 2.28. The van der Waals surface area contributed by atoms with Crippen LogP contribution in [0.5, 0.6) is 0 Å². The molecule has 0 amide bonds. The molecule has 6 nitrogen and oxygen atoms in total. The zero-order valence-corrected chi connectivity index (χ0v) is 8.80. The highest BCUT2D eigenvalue weighted by atomic mass is 16.6. The Balaban J connectivity index is 1.75. The van der Waals surface area contributed by atoms with Crippen molar-refractivity contribution in [2.24, 2.45) is 11.7 Å². The van der Waals surface area contributed by atoms with Crippen molar-refractivity contribution in [3.05, 3.63) is 28.0 Å². The van der Waals surface area contributed by atoms with Crippen molar-refractivity contribution < 1.29 is 14.1 Å². The summed E-state index contributed by atoms with van der Waals surface area (Å²) in [4.78, 5) is 9.80. The van der Waals surface area contributed by atoms with E-state index in [9.17, 15) is 10.1 Å². The molecule has 2 rings (SSSR count). The largest absolute Gasteiger partial charge is 0.433 e. The summed E-state index contributed by atoms with van der Waals surface area (Å²) in [5.74, 6) is 0.811. The van der Waals surface area contributed by atoms with Gasteiger partial charge in [-0.2, -0.15) is 0 Å². The smallest absolute Gasteiger partial charge is 0.403 e. The molecule has 0 atom stereocenters. The van der Waals surface area contributed by atoms with Gasteiger partial charge in [0.2, 0.25) is 0 Å². The van der Waals surface area contributed by atoms with E-state index in [0.717, 1.165) is 12.8 Å². The maximum absolute atomic E-state index is 10.4. The zero-order valence-electron chi connectivity index (χ0n) is 8.80. The van der Waals surface area contributed by atoms with E-state index in [1.165, 1.54) is 6.07 Å². The number of nitrogens with two attached hydrogens (primary N) is 1. The predicted molar refractivity (Wildman–Crippen MR) is 55.7 cm³/mol. The SMILES string of the molecule is NCC1CC(OCc2ccc([N+](=O)[O-])o2)C1. The minimum absolute atomic E-state index is 0.220. The van der Waals surface area contributed by atoms with Gasteiger partial charge >= 0.3 is 5.88 Å². The highest BCUT2D eigenvalue weighted by Crippen LogP contribution is 2.30. The van der Waals surface area contributed by atoms with E-state index >= 15 is 0 Å². The summed E-state index contributed by atoms with van der Waals surface area (Å²) >= 11 is 0. The lowest BCUT2D eigenvalue weighted by molar-refractivity contribution is -0.402. The summed E-state index contributed by atoms with van der Waals surface area (Å²) in [6, 6.07) is 2.90. The van der Waals surface area contributed by atoms with Gasteiger partial charge < -0.3 is 14.9 Å². The standard InChI is InChI=1S/C10H14N2O4/c11-5-7-3-9(4-7)15-6-8-1-2-10(16-8)12(13)14/h1-2,7,9H,3-6,11H2. The zero-order chi connectivity index (χ0) is 11.5. The summed E-state index contributed by atoms with van der Waals surface area (Å²) in [5.41, 5.74) is 5.49. The van der Waals surface area contributed by atoms with Crippen LogP contribution in [0.4, 0.5) is 5.88 Å². The first kappa shape index (κ1) is 11.1. The van der Waals surface area contributed by atoms with E-state index in [4.69, 9.17) is 14.9 Å². The van der Waals surface area contributed by atoms with Gasteiger partial charge in [0.05, 0.1) is 12.2 Å². The third-order valence-corrected chi connectivity index (χ3v) is 2.81. The van der Waals surface area contributed by atoms with Gasteiger partial charge in [-0.05, 0) is 31.4 Å². The quantitative estimate of drug-likeness (QED) is 0.605. The summed E-state index contributed by atoms with van der Waals surface area (Å²) in [7, 11) is 0. The van der Waals surface area contributed by atoms with Gasteiger partial charge in [0.25, 0.3) is 0 Å². The lowest BCUT2D eigenvalue weighted by Gasteiger charge is -2.33. The molecule has 1 aliphatic rings. The second-order valence-electron chi connectivity index (χ2n) is 4.00. The maximum atomic E-state index is 10.4. The van der Waals surface area contributed by atoms with Crippen molar-refractivity contribution in [3.8, 4) is 0 Å². The lowest BCUT2D eigenvalue weighted by Crippen LogP contribution is -2.35. The number of hydrogen-bond donors (Lipinski definition) is 1. The Morgan fingerprint density at radius 3 is 2.88 bits per heavy atom. The third kappa shape index (κ3) is 2.40. The molecular weight excluding hydrogens is 212 g/mol. The number of rotatable bonds is 5. The highest BCUT2D eigenvalue weighted by molar-refractivity contribution is 5.17. The summed E-state index contributed by atoms with van der Waals surface area (Å²) < 4.78 is 10.5. The van der Waals surface area contributed by atoms with E-state index < -0.39 is 4.92 Å². The minimum Gasteiger partial charge on any atom is -0.403 e. The van der Waals surface area contributed by atoms with Crippen LogP contribution in [0.15, 0.2) is 16.5 Å². The monoisotopic (exact) mass is 226 g/mol. The molecule has 1 saturated carbocycles. The average Bonchev–Trinajstić information content (AvgIpc) is 2.64. The third-order valence-electron chi connectivity index (χ3n) is 2.81. The van der Waals surface area contributed by atoms with E-state index in [-0.39, 0.29) is 18.6 Å². The summed E-state index contributed by atoms with van der Waals surface area (Å²) in [5, 5.41) is 10.4. The molecule has 1 aromatic heterocycles. The maximum Gasteiger partial charge on any atom is 0.433 e. The molecule has 0 unspecified atom stereocenters. The van der Waals surface area contributed by atoms with Crippen LogP contribution < -0.4 is 5.73 Å². The molecule has 0 radical (unpaired) electrons. The Hall–Kier alpha value is -1.40. The molecule has 88 valence electrons. The molecular formula is C10H14N2O4. The Morgan fingerprint density at radius 2 is 2.31 bits per heavy atom. The fraction of sp³-hybridized carbons (Fsp3) is 0.600. The fourth-order valence-corrected chi connectivity index (χ4v) is 1.75. The van der Waals surface area contributed by atoms with Crippen LogP contribution in [-0.4, -0.2) is 17.6 Å². The van der Waals surface area contributed by atoms with Gasteiger partial charge in [0.15, 0.2) is 0 Å². The van der Waals surface area contributed by atoms with Crippen LogP contribution in [-0.2, 0) is 11.3 Å². The molecule has 0 aliphatic heterocycles. The molecule has 6 heteroatoms. The first-order valence-electron chi connectivity index (χ1n) is 5.24. The van der Waals surface area contributed by atoms with Crippen LogP contribution in [0.25, 0.3) is 0 Å². The lowest BCUT2D eigenvalue weighted by atomic mass is 9.82. The van der Waals surface area contributed by atoms with Crippen molar-refractivity contribution in [2.45, 2.75) is 25.6 Å². The van der Waals surface area contributed by atoms with Crippen molar-refractivity contribution in [1.29, 1.82) is 0 Å². The minimum atomic E-state index is -0.558. The molecule has 1 heterocycles. The van der Waals surface area contributed by atoms with Crippen LogP contribution in [0.1, 0.15) is 18.6 Å².